The predicted molar refractivity (Wildman–Crippen MR) is 51.5 cm³/mol. The van der Waals surface area contributed by atoms with Crippen molar-refractivity contribution in [3.05, 3.63) is 34.9 Å². The number of hydrogen-bond donors (Lipinski definition) is 1. The summed E-state index contributed by atoms with van der Waals surface area (Å²) in [6.07, 6.45) is 1.12. The van der Waals surface area contributed by atoms with Gasteiger partial charge >= 0.3 is 5.97 Å². The molecule has 0 amide bonds. The van der Waals surface area contributed by atoms with E-state index in [2.05, 4.69) is 9.97 Å². The van der Waals surface area contributed by atoms with Crippen molar-refractivity contribution < 1.29 is 14.3 Å². The normalized spacial score (nSPS) is 10.5. The molecule has 0 unspecified atom stereocenters. The highest BCUT2D eigenvalue weighted by Gasteiger charge is 2.13. The number of carbonyl (C=O) groups is 1. The molecule has 0 aliphatic carbocycles. The maximum atomic E-state index is 12.8. The minimum absolute atomic E-state index is 0.0524. The van der Waals surface area contributed by atoms with E-state index in [4.69, 9.17) is 16.7 Å². The lowest BCUT2D eigenvalue weighted by molar-refractivity contribution is 0.0697. The summed E-state index contributed by atoms with van der Waals surface area (Å²) in [5.41, 5.74) is 0.213. The Hall–Kier alpha value is -1.75. The fourth-order valence-corrected chi connectivity index (χ4v) is 1.43. The first kappa shape index (κ1) is 9.79. The van der Waals surface area contributed by atoms with Crippen LogP contribution in [0.15, 0.2) is 18.3 Å². The molecule has 76 valence electrons. The average Bonchev–Trinajstić information content (AvgIpc) is 2.19. The van der Waals surface area contributed by atoms with E-state index >= 15 is 0 Å². The summed E-state index contributed by atoms with van der Waals surface area (Å²) >= 11 is 5.76. The van der Waals surface area contributed by atoms with Crippen LogP contribution in [0.4, 0.5) is 4.39 Å². The molecule has 2 aromatic heterocycles. The molecule has 1 N–H and O–H groups in total. The van der Waals surface area contributed by atoms with Crippen LogP contribution in [-0.4, -0.2) is 21.0 Å². The number of nitrogens with zero attached hydrogens (tertiary/aromatic N) is 2. The average molecular weight is 227 g/mol. The fourth-order valence-electron chi connectivity index (χ4n) is 1.16. The molecule has 2 heterocycles. The van der Waals surface area contributed by atoms with Gasteiger partial charge in [-0.1, -0.05) is 11.6 Å². The summed E-state index contributed by atoms with van der Waals surface area (Å²) in [6, 6.07) is 2.52. The molecule has 4 nitrogen and oxygen atoms in total. The maximum Gasteiger partial charge on any atom is 0.338 e. The highest BCUT2D eigenvalue weighted by molar-refractivity contribution is 6.37. The SMILES string of the molecule is O=C(O)c1cnc2ccc(F)nc2c1Cl. The maximum absolute atomic E-state index is 12.8. The van der Waals surface area contributed by atoms with Gasteiger partial charge in [0.15, 0.2) is 0 Å². The van der Waals surface area contributed by atoms with Gasteiger partial charge in [0, 0.05) is 6.20 Å². The zero-order valence-corrected chi connectivity index (χ0v) is 7.99. The summed E-state index contributed by atoms with van der Waals surface area (Å²) in [4.78, 5) is 18.0. The van der Waals surface area contributed by atoms with Gasteiger partial charge in [-0.2, -0.15) is 4.39 Å². The molecule has 6 heteroatoms. The summed E-state index contributed by atoms with van der Waals surface area (Å²) in [6.45, 7) is 0. The van der Waals surface area contributed by atoms with E-state index < -0.39 is 11.9 Å². The van der Waals surface area contributed by atoms with Crippen molar-refractivity contribution >= 4 is 28.6 Å². The van der Waals surface area contributed by atoms with Gasteiger partial charge in [0.25, 0.3) is 0 Å². The lowest BCUT2D eigenvalue weighted by Crippen LogP contribution is -2.00. The Bertz CT molecular complexity index is 559. The second kappa shape index (κ2) is 3.43. The number of hydrogen-bond acceptors (Lipinski definition) is 3. The number of carboxylic acid groups (broad SMARTS) is 1. The van der Waals surface area contributed by atoms with Crippen LogP contribution in [0.1, 0.15) is 10.4 Å². The zero-order chi connectivity index (χ0) is 11.0. The van der Waals surface area contributed by atoms with Crippen LogP contribution in [0.3, 0.4) is 0 Å². The number of aromatic nitrogens is 2. The monoisotopic (exact) mass is 226 g/mol. The molecule has 2 rings (SSSR count). The molecule has 0 aliphatic heterocycles. The number of carboxylic acids is 1. The van der Waals surface area contributed by atoms with Gasteiger partial charge in [-0.05, 0) is 12.1 Å². The Morgan fingerprint density at radius 3 is 2.87 bits per heavy atom. The van der Waals surface area contributed by atoms with Crippen molar-refractivity contribution in [2.45, 2.75) is 0 Å². The highest BCUT2D eigenvalue weighted by Crippen LogP contribution is 2.23. The standard InChI is InChI=1S/C9H4ClFN2O2/c10-7-4(9(14)15)3-12-5-1-2-6(11)13-8(5)7/h1-3H,(H,14,15). The molecule has 0 saturated heterocycles. The first-order valence-electron chi connectivity index (χ1n) is 3.93. The van der Waals surface area contributed by atoms with Gasteiger partial charge in [0.2, 0.25) is 5.95 Å². The van der Waals surface area contributed by atoms with Crippen molar-refractivity contribution in [1.82, 2.24) is 9.97 Å². The van der Waals surface area contributed by atoms with Crippen LogP contribution in [0, 0.1) is 5.95 Å². The molecular formula is C9H4ClFN2O2. The molecule has 0 atom stereocenters. The molecule has 0 aliphatic rings. The third-order valence-electron chi connectivity index (χ3n) is 1.85. The van der Waals surface area contributed by atoms with E-state index in [-0.39, 0.29) is 16.1 Å². The van der Waals surface area contributed by atoms with Crippen molar-refractivity contribution in [1.29, 1.82) is 0 Å². The predicted octanol–water partition coefficient (Wildman–Crippen LogP) is 2.12. The van der Waals surface area contributed by atoms with Crippen molar-refractivity contribution in [2.24, 2.45) is 0 Å². The molecule has 2 aromatic rings. The summed E-state index contributed by atoms with van der Waals surface area (Å²) < 4.78 is 12.8. The largest absolute Gasteiger partial charge is 0.478 e. The van der Waals surface area contributed by atoms with Gasteiger partial charge in [-0.15, -0.1) is 0 Å². The van der Waals surface area contributed by atoms with E-state index in [0.29, 0.717) is 5.52 Å². The molecule has 0 aromatic carbocycles. The van der Waals surface area contributed by atoms with Crippen LogP contribution >= 0.6 is 11.6 Å². The van der Waals surface area contributed by atoms with E-state index in [9.17, 15) is 9.18 Å². The van der Waals surface area contributed by atoms with Gasteiger partial charge in [-0.25, -0.2) is 9.78 Å². The third kappa shape index (κ3) is 1.61. The number of rotatable bonds is 1. The minimum atomic E-state index is -1.22. The summed E-state index contributed by atoms with van der Waals surface area (Å²) in [5.74, 6) is -1.95. The Kier molecular flexibility index (Phi) is 2.24. The molecule has 0 fully saturated rings. The molecule has 0 bridgehead atoms. The third-order valence-corrected chi connectivity index (χ3v) is 2.23. The zero-order valence-electron chi connectivity index (χ0n) is 7.24. The number of pyridine rings is 2. The lowest BCUT2D eigenvalue weighted by Gasteiger charge is -2.01. The van der Waals surface area contributed by atoms with E-state index in [1.807, 2.05) is 0 Å². The van der Waals surface area contributed by atoms with Gasteiger partial charge in [-0.3, -0.25) is 4.98 Å². The Balaban J connectivity index is 2.82. The van der Waals surface area contributed by atoms with Crippen LogP contribution in [0.25, 0.3) is 11.0 Å². The first-order chi connectivity index (χ1) is 7.09. The fraction of sp³-hybridized carbons (Fsp3) is 0. The lowest BCUT2D eigenvalue weighted by atomic mass is 10.2. The van der Waals surface area contributed by atoms with Crippen molar-refractivity contribution in [3.63, 3.8) is 0 Å². The topological polar surface area (TPSA) is 63.1 Å². The highest BCUT2D eigenvalue weighted by atomic mass is 35.5. The quantitative estimate of drug-likeness (QED) is 0.757. The van der Waals surface area contributed by atoms with E-state index in [0.717, 1.165) is 12.3 Å². The molecule has 0 spiro atoms. The van der Waals surface area contributed by atoms with Crippen LogP contribution < -0.4 is 0 Å². The van der Waals surface area contributed by atoms with Gasteiger partial charge < -0.3 is 5.11 Å². The Morgan fingerprint density at radius 1 is 1.47 bits per heavy atom. The van der Waals surface area contributed by atoms with Gasteiger partial charge in [0.05, 0.1) is 16.1 Å². The number of fused-ring (bicyclic) bond motifs is 1. The number of halogens is 2. The second-order valence-corrected chi connectivity index (χ2v) is 3.17. The number of aromatic carboxylic acids is 1. The summed E-state index contributed by atoms with van der Waals surface area (Å²) in [5, 5.41) is 8.64. The molecule has 15 heavy (non-hydrogen) atoms. The minimum Gasteiger partial charge on any atom is -0.478 e. The van der Waals surface area contributed by atoms with Gasteiger partial charge in [0.1, 0.15) is 5.52 Å². The molecule has 0 radical (unpaired) electrons. The van der Waals surface area contributed by atoms with E-state index in [1.54, 1.807) is 0 Å². The van der Waals surface area contributed by atoms with Crippen molar-refractivity contribution in [2.75, 3.05) is 0 Å². The van der Waals surface area contributed by atoms with Crippen molar-refractivity contribution in [3.8, 4) is 0 Å². The Labute approximate surface area is 88.3 Å². The van der Waals surface area contributed by atoms with Crippen LogP contribution in [0.5, 0.6) is 0 Å². The Morgan fingerprint density at radius 2 is 2.20 bits per heavy atom. The molecular weight excluding hydrogens is 223 g/mol. The first-order valence-corrected chi connectivity index (χ1v) is 4.31. The van der Waals surface area contributed by atoms with Crippen LogP contribution in [0.2, 0.25) is 5.02 Å². The van der Waals surface area contributed by atoms with E-state index in [1.165, 1.54) is 6.07 Å². The van der Waals surface area contributed by atoms with Crippen LogP contribution in [-0.2, 0) is 0 Å². The second-order valence-electron chi connectivity index (χ2n) is 2.79. The smallest absolute Gasteiger partial charge is 0.338 e. The summed E-state index contributed by atoms with van der Waals surface area (Å²) in [7, 11) is 0. The molecule has 0 saturated carbocycles.